The van der Waals surface area contributed by atoms with Gasteiger partial charge >= 0.3 is 0 Å². The first-order valence-corrected chi connectivity index (χ1v) is 7.53. The molecular formula is C21H20O. The maximum Gasteiger partial charge on any atom is 0.115 e. The highest BCUT2D eigenvalue weighted by atomic mass is 16.3. The van der Waals surface area contributed by atoms with Crippen molar-refractivity contribution in [2.24, 2.45) is 0 Å². The second kappa shape index (κ2) is 5.69. The van der Waals surface area contributed by atoms with Crippen molar-refractivity contribution in [1.82, 2.24) is 0 Å². The molecule has 0 saturated heterocycles. The van der Waals surface area contributed by atoms with Crippen molar-refractivity contribution in [3.8, 4) is 16.9 Å². The van der Waals surface area contributed by atoms with Crippen LogP contribution >= 0.6 is 0 Å². The van der Waals surface area contributed by atoms with Gasteiger partial charge in [0.05, 0.1) is 0 Å². The second-order valence-electron chi connectivity index (χ2n) is 6.12. The molecule has 1 N–H and O–H groups in total. The minimum Gasteiger partial charge on any atom is -0.508 e. The van der Waals surface area contributed by atoms with E-state index in [1.165, 1.54) is 22.3 Å². The summed E-state index contributed by atoms with van der Waals surface area (Å²) >= 11 is 0. The molecule has 3 aromatic rings. The lowest BCUT2D eigenvalue weighted by molar-refractivity contribution is 0.474. The summed E-state index contributed by atoms with van der Waals surface area (Å²) in [6.07, 6.45) is 0. The Balaban J connectivity index is 1.93. The highest BCUT2D eigenvalue weighted by Crippen LogP contribution is 2.33. The smallest absolute Gasteiger partial charge is 0.115 e. The van der Waals surface area contributed by atoms with E-state index in [0.717, 1.165) is 0 Å². The lowest BCUT2D eigenvalue weighted by atomic mass is 9.78. The molecule has 0 aliphatic rings. The first-order valence-electron chi connectivity index (χ1n) is 7.53. The Morgan fingerprint density at radius 2 is 1.05 bits per heavy atom. The topological polar surface area (TPSA) is 20.2 Å². The Hall–Kier alpha value is -2.54. The van der Waals surface area contributed by atoms with Crippen LogP contribution in [0.1, 0.15) is 25.0 Å². The van der Waals surface area contributed by atoms with E-state index in [4.69, 9.17) is 0 Å². The van der Waals surface area contributed by atoms with E-state index < -0.39 is 0 Å². The van der Waals surface area contributed by atoms with Gasteiger partial charge in [0.15, 0.2) is 0 Å². The monoisotopic (exact) mass is 288 g/mol. The molecule has 22 heavy (non-hydrogen) atoms. The van der Waals surface area contributed by atoms with Gasteiger partial charge in [-0.1, -0.05) is 80.6 Å². The summed E-state index contributed by atoms with van der Waals surface area (Å²) in [6, 6.07) is 26.6. The average molecular weight is 288 g/mol. The van der Waals surface area contributed by atoms with Crippen molar-refractivity contribution in [3.63, 3.8) is 0 Å². The van der Waals surface area contributed by atoms with Crippen LogP contribution in [-0.4, -0.2) is 5.11 Å². The highest BCUT2D eigenvalue weighted by molar-refractivity contribution is 5.64. The van der Waals surface area contributed by atoms with Crippen LogP contribution in [0.25, 0.3) is 11.1 Å². The van der Waals surface area contributed by atoms with E-state index in [1.54, 1.807) is 12.1 Å². The number of phenolic OH excluding ortho intramolecular Hbond substituents is 1. The van der Waals surface area contributed by atoms with Crippen molar-refractivity contribution in [1.29, 1.82) is 0 Å². The molecule has 1 heteroatoms. The zero-order chi connectivity index (χ0) is 15.6. The van der Waals surface area contributed by atoms with E-state index in [2.05, 4.69) is 62.4 Å². The molecule has 0 aromatic heterocycles. The molecule has 0 saturated carbocycles. The van der Waals surface area contributed by atoms with Crippen molar-refractivity contribution >= 4 is 0 Å². The van der Waals surface area contributed by atoms with Gasteiger partial charge in [0, 0.05) is 5.41 Å². The summed E-state index contributed by atoms with van der Waals surface area (Å²) < 4.78 is 0. The summed E-state index contributed by atoms with van der Waals surface area (Å²) in [7, 11) is 0. The fourth-order valence-corrected chi connectivity index (χ4v) is 2.75. The predicted molar refractivity (Wildman–Crippen MR) is 92.1 cm³/mol. The van der Waals surface area contributed by atoms with Crippen molar-refractivity contribution in [3.05, 3.63) is 90.0 Å². The van der Waals surface area contributed by atoms with Crippen LogP contribution in [0.15, 0.2) is 78.9 Å². The largest absolute Gasteiger partial charge is 0.508 e. The van der Waals surface area contributed by atoms with E-state index in [9.17, 15) is 5.11 Å². The van der Waals surface area contributed by atoms with Crippen molar-refractivity contribution < 1.29 is 5.11 Å². The molecule has 0 unspecified atom stereocenters. The van der Waals surface area contributed by atoms with Gasteiger partial charge in [-0.25, -0.2) is 0 Å². The van der Waals surface area contributed by atoms with Crippen molar-refractivity contribution in [2.45, 2.75) is 19.3 Å². The standard InChI is InChI=1S/C21H20O/c1-21(2,19-12-14-20(22)15-13-19)18-10-8-17(9-11-18)16-6-4-3-5-7-16/h3-15,22H,1-2H3. The predicted octanol–water partition coefficient (Wildman–Crippen LogP) is 5.39. The third-order valence-electron chi connectivity index (χ3n) is 4.30. The average Bonchev–Trinajstić information content (AvgIpc) is 2.56. The summed E-state index contributed by atoms with van der Waals surface area (Å²) in [4.78, 5) is 0. The van der Waals surface area contributed by atoms with Crippen LogP contribution in [0.5, 0.6) is 5.75 Å². The zero-order valence-electron chi connectivity index (χ0n) is 13.0. The first-order chi connectivity index (χ1) is 10.6. The fourth-order valence-electron chi connectivity index (χ4n) is 2.75. The van der Waals surface area contributed by atoms with Gasteiger partial charge in [0.1, 0.15) is 5.75 Å². The Morgan fingerprint density at radius 3 is 1.59 bits per heavy atom. The molecule has 0 aliphatic heterocycles. The lowest BCUT2D eigenvalue weighted by Crippen LogP contribution is -2.18. The van der Waals surface area contributed by atoms with Crippen LogP contribution in [0.3, 0.4) is 0 Å². The molecule has 0 spiro atoms. The zero-order valence-corrected chi connectivity index (χ0v) is 13.0. The van der Waals surface area contributed by atoms with Gasteiger partial charge < -0.3 is 5.11 Å². The Kier molecular flexibility index (Phi) is 3.72. The molecule has 3 rings (SSSR count). The molecule has 0 bridgehead atoms. The van der Waals surface area contributed by atoms with Crippen LogP contribution in [0.2, 0.25) is 0 Å². The number of benzene rings is 3. The molecule has 0 aliphatic carbocycles. The molecule has 0 fully saturated rings. The summed E-state index contributed by atoms with van der Waals surface area (Å²) in [5, 5.41) is 9.46. The number of hydrogen-bond donors (Lipinski definition) is 1. The SMILES string of the molecule is CC(C)(c1ccc(O)cc1)c1ccc(-c2ccccc2)cc1. The van der Waals surface area contributed by atoms with Crippen LogP contribution in [-0.2, 0) is 5.41 Å². The lowest BCUT2D eigenvalue weighted by Gasteiger charge is -2.26. The molecule has 0 radical (unpaired) electrons. The molecule has 0 amide bonds. The normalized spacial score (nSPS) is 11.4. The maximum absolute atomic E-state index is 9.46. The van der Waals surface area contributed by atoms with Gasteiger partial charge in [0.2, 0.25) is 0 Å². The third kappa shape index (κ3) is 2.75. The quantitative estimate of drug-likeness (QED) is 0.685. The van der Waals surface area contributed by atoms with Crippen LogP contribution < -0.4 is 0 Å². The summed E-state index contributed by atoms with van der Waals surface area (Å²) in [5.74, 6) is 0.305. The number of hydrogen-bond acceptors (Lipinski definition) is 1. The molecule has 3 aromatic carbocycles. The second-order valence-corrected chi connectivity index (χ2v) is 6.12. The molecule has 110 valence electrons. The number of phenols is 1. The van der Waals surface area contributed by atoms with Gasteiger partial charge in [-0.3, -0.25) is 0 Å². The van der Waals surface area contributed by atoms with E-state index >= 15 is 0 Å². The third-order valence-corrected chi connectivity index (χ3v) is 4.30. The summed E-state index contributed by atoms with van der Waals surface area (Å²) in [5.41, 5.74) is 4.82. The van der Waals surface area contributed by atoms with Gasteiger partial charge in [-0.05, 0) is 34.4 Å². The Morgan fingerprint density at radius 1 is 0.591 bits per heavy atom. The number of rotatable bonds is 3. The molecular weight excluding hydrogens is 268 g/mol. The molecule has 1 nitrogen and oxygen atoms in total. The minimum absolute atomic E-state index is 0.0943. The van der Waals surface area contributed by atoms with Gasteiger partial charge in [-0.2, -0.15) is 0 Å². The van der Waals surface area contributed by atoms with Gasteiger partial charge in [-0.15, -0.1) is 0 Å². The summed E-state index contributed by atoms with van der Waals surface area (Å²) in [6.45, 7) is 4.41. The highest BCUT2D eigenvalue weighted by Gasteiger charge is 2.22. The first kappa shape index (κ1) is 14.4. The van der Waals surface area contributed by atoms with E-state index in [0.29, 0.717) is 5.75 Å². The van der Waals surface area contributed by atoms with Crippen molar-refractivity contribution in [2.75, 3.05) is 0 Å². The Labute approximate surface area is 131 Å². The van der Waals surface area contributed by atoms with Gasteiger partial charge in [0.25, 0.3) is 0 Å². The molecule has 0 atom stereocenters. The fraction of sp³-hybridized carbons (Fsp3) is 0.143. The van der Waals surface area contributed by atoms with E-state index in [-0.39, 0.29) is 5.41 Å². The van der Waals surface area contributed by atoms with Crippen LogP contribution in [0, 0.1) is 0 Å². The molecule has 0 heterocycles. The van der Waals surface area contributed by atoms with E-state index in [1.807, 2.05) is 18.2 Å². The van der Waals surface area contributed by atoms with Crippen LogP contribution in [0.4, 0.5) is 0 Å². The Bertz CT molecular complexity index is 738. The maximum atomic E-state index is 9.46. The number of aromatic hydroxyl groups is 1. The minimum atomic E-state index is -0.0943.